The first-order valence-electron chi connectivity index (χ1n) is 5.93. The van der Waals surface area contributed by atoms with Gasteiger partial charge in [0.15, 0.2) is 0 Å². The van der Waals surface area contributed by atoms with Crippen LogP contribution in [-0.4, -0.2) is 35.6 Å². The maximum atomic E-state index is 11.9. The Hall–Kier alpha value is -1.40. The molecule has 1 rings (SSSR count). The number of carbonyl (C=O) groups excluding carboxylic acids is 1. The topological polar surface area (TPSA) is 78.4 Å². The number of rotatable bonds is 4. The Kier molecular flexibility index (Phi) is 4.86. The highest BCUT2D eigenvalue weighted by atomic mass is 19.3. The molecular formula is C11H18F2N2O3. The van der Waals surface area contributed by atoms with Crippen molar-refractivity contribution in [2.24, 2.45) is 5.92 Å². The molecule has 0 atom stereocenters. The minimum Gasteiger partial charge on any atom is -0.480 e. The van der Waals surface area contributed by atoms with Gasteiger partial charge in [0.2, 0.25) is 0 Å². The molecule has 7 heteroatoms. The van der Waals surface area contributed by atoms with Crippen molar-refractivity contribution < 1.29 is 23.5 Å². The van der Waals surface area contributed by atoms with E-state index in [0.29, 0.717) is 31.6 Å². The van der Waals surface area contributed by atoms with Crippen molar-refractivity contribution in [2.75, 3.05) is 6.54 Å². The lowest BCUT2D eigenvalue weighted by Gasteiger charge is -2.36. The quantitative estimate of drug-likeness (QED) is 0.721. The van der Waals surface area contributed by atoms with E-state index in [2.05, 4.69) is 5.32 Å². The highest BCUT2D eigenvalue weighted by Gasteiger charge is 2.42. The molecule has 0 unspecified atom stereocenters. The first-order chi connectivity index (χ1) is 8.35. The third-order valence-corrected chi connectivity index (χ3v) is 3.31. The molecule has 0 aromatic rings. The predicted octanol–water partition coefficient (Wildman–Crippen LogP) is 1.58. The van der Waals surface area contributed by atoms with Crippen LogP contribution < -0.4 is 10.6 Å². The first kappa shape index (κ1) is 14.7. The molecule has 2 amide bonds. The number of aliphatic carboxylic acids is 1. The molecule has 5 nitrogen and oxygen atoms in total. The number of amides is 2. The summed E-state index contributed by atoms with van der Waals surface area (Å²) in [5.74, 6) is -0.690. The third-order valence-electron chi connectivity index (χ3n) is 3.31. The molecule has 0 aliphatic heterocycles. The van der Waals surface area contributed by atoms with Crippen molar-refractivity contribution in [3.8, 4) is 0 Å². The molecule has 0 heterocycles. The molecule has 1 aliphatic rings. The van der Waals surface area contributed by atoms with Crippen molar-refractivity contribution in [3.05, 3.63) is 0 Å². The standard InChI is InChI=1S/C11H18F2N2O3/c1-7-2-4-11(5-3-7,9(16)17)15-10(18)14-6-8(12)13/h7-8H,2-6H2,1H3,(H,16,17)(H2,14,15,18). The van der Waals surface area contributed by atoms with Gasteiger partial charge >= 0.3 is 12.0 Å². The van der Waals surface area contributed by atoms with Crippen LogP contribution in [-0.2, 0) is 4.79 Å². The second-order valence-corrected chi connectivity index (χ2v) is 4.80. The van der Waals surface area contributed by atoms with E-state index >= 15 is 0 Å². The van der Waals surface area contributed by atoms with Gasteiger partial charge in [-0.25, -0.2) is 18.4 Å². The van der Waals surface area contributed by atoms with E-state index < -0.39 is 30.5 Å². The fourth-order valence-electron chi connectivity index (χ4n) is 2.08. The molecule has 1 aliphatic carbocycles. The maximum Gasteiger partial charge on any atom is 0.329 e. The largest absolute Gasteiger partial charge is 0.480 e. The summed E-state index contributed by atoms with van der Waals surface area (Å²) < 4.78 is 23.8. The van der Waals surface area contributed by atoms with Gasteiger partial charge in [0.1, 0.15) is 5.54 Å². The van der Waals surface area contributed by atoms with Crippen LogP contribution in [0.25, 0.3) is 0 Å². The van der Waals surface area contributed by atoms with Gasteiger partial charge in [-0.2, -0.15) is 0 Å². The van der Waals surface area contributed by atoms with Gasteiger partial charge in [0.05, 0.1) is 6.54 Å². The van der Waals surface area contributed by atoms with Gasteiger partial charge < -0.3 is 15.7 Å². The lowest BCUT2D eigenvalue weighted by atomic mass is 9.77. The van der Waals surface area contributed by atoms with E-state index in [1.165, 1.54) is 0 Å². The van der Waals surface area contributed by atoms with Crippen LogP contribution in [0.15, 0.2) is 0 Å². The van der Waals surface area contributed by atoms with Crippen molar-refractivity contribution in [3.63, 3.8) is 0 Å². The zero-order chi connectivity index (χ0) is 13.8. The smallest absolute Gasteiger partial charge is 0.329 e. The Balaban J connectivity index is 2.58. The highest BCUT2D eigenvalue weighted by molar-refractivity contribution is 5.86. The summed E-state index contributed by atoms with van der Waals surface area (Å²) in [7, 11) is 0. The van der Waals surface area contributed by atoms with Crippen LogP contribution in [0.4, 0.5) is 13.6 Å². The number of hydrogen-bond acceptors (Lipinski definition) is 2. The molecule has 0 bridgehead atoms. The molecule has 0 spiro atoms. The normalized spacial score (nSPS) is 27.9. The van der Waals surface area contributed by atoms with Gasteiger partial charge in [-0.15, -0.1) is 0 Å². The Morgan fingerprint density at radius 1 is 1.39 bits per heavy atom. The second kappa shape index (κ2) is 5.97. The molecular weight excluding hydrogens is 246 g/mol. The molecule has 0 saturated heterocycles. The average Bonchev–Trinajstić information content (AvgIpc) is 2.29. The first-order valence-corrected chi connectivity index (χ1v) is 5.93. The Bertz CT molecular complexity index is 315. The number of urea groups is 1. The number of nitrogens with one attached hydrogen (secondary N) is 2. The SMILES string of the molecule is CC1CCC(NC(=O)NCC(F)F)(C(=O)O)CC1. The number of halogens is 2. The fourth-order valence-corrected chi connectivity index (χ4v) is 2.08. The van der Waals surface area contributed by atoms with Gasteiger partial charge in [-0.3, -0.25) is 0 Å². The monoisotopic (exact) mass is 264 g/mol. The summed E-state index contributed by atoms with van der Waals surface area (Å²) in [6, 6.07) is -0.854. The van der Waals surface area contributed by atoms with E-state index in [9.17, 15) is 23.5 Å². The summed E-state index contributed by atoms with van der Waals surface area (Å²) in [4.78, 5) is 22.7. The highest BCUT2D eigenvalue weighted by Crippen LogP contribution is 2.32. The van der Waals surface area contributed by atoms with Crippen LogP contribution in [0.5, 0.6) is 0 Å². The zero-order valence-corrected chi connectivity index (χ0v) is 10.2. The molecule has 1 fully saturated rings. The zero-order valence-electron chi connectivity index (χ0n) is 10.2. The van der Waals surface area contributed by atoms with Crippen LogP contribution in [0, 0.1) is 5.92 Å². The lowest BCUT2D eigenvalue weighted by Crippen LogP contribution is -2.58. The fraction of sp³-hybridized carbons (Fsp3) is 0.818. The van der Waals surface area contributed by atoms with E-state index in [1.807, 2.05) is 12.2 Å². The maximum absolute atomic E-state index is 11.9. The Labute approximate surface area is 104 Å². The predicted molar refractivity (Wildman–Crippen MR) is 60.5 cm³/mol. The van der Waals surface area contributed by atoms with Crippen LogP contribution in [0.3, 0.4) is 0 Å². The molecule has 1 saturated carbocycles. The summed E-state index contributed by atoms with van der Waals surface area (Å²) in [6.45, 7) is 1.24. The van der Waals surface area contributed by atoms with Crippen LogP contribution in [0.2, 0.25) is 0 Å². The molecule has 0 radical (unpaired) electrons. The van der Waals surface area contributed by atoms with Gasteiger partial charge in [-0.1, -0.05) is 6.92 Å². The number of carbonyl (C=O) groups is 2. The van der Waals surface area contributed by atoms with E-state index in [4.69, 9.17) is 0 Å². The van der Waals surface area contributed by atoms with Gasteiger partial charge in [-0.05, 0) is 31.6 Å². The number of carboxylic acid groups (broad SMARTS) is 1. The summed E-state index contributed by atoms with van der Waals surface area (Å²) >= 11 is 0. The Morgan fingerprint density at radius 3 is 2.39 bits per heavy atom. The van der Waals surface area contributed by atoms with Gasteiger partial charge in [0.25, 0.3) is 6.43 Å². The number of hydrogen-bond donors (Lipinski definition) is 3. The summed E-state index contributed by atoms with van der Waals surface area (Å²) in [5.41, 5.74) is -1.32. The summed E-state index contributed by atoms with van der Waals surface area (Å²) in [5, 5.41) is 13.5. The van der Waals surface area contributed by atoms with Crippen molar-refractivity contribution in [2.45, 2.75) is 44.6 Å². The third kappa shape index (κ3) is 3.82. The van der Waals surface area contributed by atoms with Gasteiger partial charge in [0, 0.05) is 0 Å². The Morgan fingerprint density at radius 2 is 1.94 bits per heavy atom. The van der Waals surface area contributed by atoms with Crippen LogP contribution in [0.1, 0.15) is 32.6 Å². The summed E-state index contributed by atoms with van der Waals surface area (Å²) in [6.07, 6.45) is -0.608. The molecule has 0 aromatic heterocycles. The van der Waals surface area contributed by atoms with E-state index in [1.54, 1.807) is 0 Å². The van der Waals surface area contributed by atoms with Crippen LogP contribution >= 0.6 is 0 Å². The van der Waals surface area contributed by atoms with E-state index in [-0.39, 0.29) is 0 Å². The number of alkyl halides is 2. The molecule has 0 aromatic carbocycles. The second-order valence-electron chi connectivity index (χ2n) is 4.80. The average molecular weight is 264 g/mol. The lowest BCUT2D eigenvalue weighted by molar-refractivity contribution is -0.146. The molecule has 18 heavy (non-hydrogen) atoms. The molecule has 104 valence electrons. The van der Waals surface area contributed by atoms with Crippen molar-refractivity contribution in [1.29, 1.82) is 0 Å². The van der Waals surface area contributed by atoms with E-state index in [0.717, 1.165) is 0 Å². The number of carboxylic acids is 1. The molecule has 3 N–H and O–H groups in total. The van der Waals surface area contributed by atoms with Crippen molar-refractivity contribution >= 4 is 12.0 Å². The minimum absolute atomic E-state index is 0.325. The van der Waals surface area contributed by atoms with Crippen molar-refractivity contribution in [1.82, 2.24) is 10.6 Å². The minimum atomic E-state index is -2.65.